The number of rotatable bonds is 4. The van der Waals surface area contributed by atoms with E-state index >= 15 is 0 Å². The molecule has 0 spiro atoms. The number of benzene rings is 2. The van der Waals surface area contributed by atoms with Crippen LogP contribution in [-0.4, -0.2) is 30.9 Å². The number of hydrogen-bond donors (Lipinski definition) is 2. The van der Waals surface area contributed by atoms with Crippen molar-refractivity contribution in [3.05, 3.63) is 72.4 Å². The van der Waals surface area contributed by atoms with E-state index in [4.69, 9.17) is 0 Å². The third-order valence-electron chi connectivity index (χ3n) is 4.11. The lowest BCUT2D eigenvalue weighted by atomic mass is 10.1. The van der Waals surface area contributed by atoms with E-state index in [0.717, 1.165) is 22.2 Å². The summed E-state index contributed by atoms with van der Waals surface area (Å²) in [6.45, 7) is 1.94. The molecule has 0 unspecified atom stereocenters. The van der Waals surface area contributed by atoms with Gasteiger partial charge in [-0.25, -0.2) is 9.67 Å². The standard InChI is InChI=1S/C18H16N6O/c1-12(13-6-8-14(9-7-13)24-11-19-10-20-24)21-18(25)17-15-4-2-3-5-16(15)22-23-17/h2-12H,1H3,(H,21,25)(H,22,23)/t12-/m0/s1. The maximum absolute atomic E-state index is 12.5. The molecular formula is C18H16N6O. The van der Waals surface area contributed by atoms with Gasteiger partial charge in [0.25, 0.3) is 5.91 Å². The van der Waals surface area contributed by atoms with Crippen LogP contribution in [0, 0.1) is 0 Å². The molecule has 2 aromatic heterocycles. The van der Waals surface area contributed by atoms with Crippen molar-refractivity contribution < 1.29 is 4.79 Å². The van der Waals surface area contributed by atoms with Crippen LogP contribution in [0.15, 0.2) is 61.2 Å². The van der Waals surface area contributed by atoms with Gasteiger partial charge < -0.3 is 5.32 Å². The van der Waals surface area contributed by atoms with Crippen LogP contribution in [0.4, 0.5) is 0 Å². The Hall–Kier alpha value is -3.48. The third kappa shape index (κ3) is 2.87. The normalized spacial score (nSPS) is 12.2. The molecular weight excluding hydrogens is 316 g/mol. The molecule has 0 aliphatic carbocycles. The number of carbonyl (C=O) groups is 1. The summed E-state index contributed by atoms with van der Waals surface area (Å²) in [6.07, 6.45) is 3.13. The molecule has 1 amide bonds. The maximum atomic E-state index is 12.5. The lowest BCUT2D eigenvalue weighted by Gasteiger charge is -2.14. The second kappa shape index (κ2) is 6.20. The van der Waals surface area contributed by atoms with Gasteiger partial charge in [-0.15, -0.1) is 0 Å². The zero-order valence-corrected chi connectivity index (χ0v) is 13.5. The third-order valence-corrected chi connectivity index (χ3v) is 4.11. The number of nitrogens with zero attached hydrogens (tertiary/aromatic N) is 4. The summed E-state index contributed by atoms with van der Waals surface area (Å²) in [7, 11) is 0. The highest BCUT2D eigenvalue weighted by atomic mass is 16.2. The summed E-state index contributed by atoms with van der Waals surface area (Å²) in [5.41, 5.74) is 3.16. The Labute approximate surface area is 143 Å². The highest BCUT2D eigenvalue weighted by Gasteiger charge is 2.16. The van der Waals surface area contributed by atoms with Crippen molar-refractivity contribution in [1.82, 2.24) is 30.3 Å². The zero-order valence-electron chi connectivity index (χ0n) is 13.5. The Morgan fingerprint density at radius 3 is 2.72 bits per heavy atom. The predicted octanol–water partition coefficient (Wildman–Crippen LogP) is 2.63. The van der Waals surface area contributed by atoms with E-state index in [9.17, 15) is 4.79 Å². The van der Waals surface area contributed by atoms with E-state index in [1.165, 1.54) is 6.33 Å². The van der Waals surface area contributed by atoms with E-state index in [1.54, 1.807) is 11.0 Å². The zero-order chi connectivity index (χ0) is 17.2. The lowest BCUT2D eigenvalue weighted by molar-refractivity contribution is 0.0936. The van der Waals surface area contributed by atoms with Crippen molar-refractivity contribution in [3.63, 3.8) is 0 Å². The fraction of sp³-hybridized carbons (Fsp3) is 0.111. The van der Waals surface area contributed by atoms with Crippen LogP contribution in [0.3, 0.4) is 0 Å². The molecule has 0 saturated heterocycles. The molecule has 0 radical (unpaired) electrons. The highest BCUT2D eigenvalue weighted by Crippen LogP contribution is 2.18. The predicted molar refractivity (Wildman–Crippen MR) is 93.3 cm³/mol. The Morgan fingerprint density at radius 2 is 1.96 bits per heavy atom. The van der Waals surface area contributed by atoms with Crippen molar-refractivity contribution >= 4 is 16.8 Å². The van der Waals surface area contributed by atoms with Crippen LogP contribution in [-0.2, 0) is 0 Å². The first-order valence-electron chi connectivity index (χ1n) is 7.91. The van der Waals surface area contributed by atoms with Crippen molar-refractivity contribution in [2.45, 2.75) is 13.0 Å². The van der Waals surface area contributed by atoms with Crippen LogP contribution in [0.1, 0.15) is 29.0 Å². The quantitative estimate of drug-likeness (QED) is 0.601. The van der Waals surface area contributed by atoms with Gasteiger partial charge >= 0.3 is 0 Å². The van der Waals surface area contributed by atoms with Gasteiger partial charge in [-0.1, -0.05) is 30.3 Å². The molecule has 4 rings (SSSR count). The molecule has 2 N–H and O–H groups in total. The molecule has 7 heteroatoms. The summed E-state index contributed by atoms with van der Waals surface area (Å²) in [5, 5.41) is 14.9. The topological polar surface area (TPSA) is 88.5 Å². The number of hydrogen-bond acceptors (Lipinski definition) is 4. The molecule has 7 nitrogen and oxygen atoms in total. The Morgan fingerprint density at radius 1 is 1.16 bits per heavy atom. The van der Waals surface area contributed by atoms with Crippen LogP contribution in [0.25, 0.3) is 16.6 Å². The van der Waals surface area contributed by atoms with Gasteiger partial charge in [0.1, 0.15) is 12.7 Å². The van der Waals surface area contributed by atoms with Crippen LogP contribution >= 0.6 is 0 Å². The molecule has 124 valence electrons. The minimum atomic E-state index is -0.203. The molecule has 0 aliphatic rings. The minimum Gasteiger partial charge on any atom is -0.344 e. The SMILES string of the molecule is C[C@H](NC(=O)c1n[nH]c2ccccc12)c1ccc(-n2cncn2)cc1. The van der Waals surface area contributed by atoms with Gasteiger partial charge in [0, 0.05) is 5.39 Å². The fourth-order valence-electron chi connectivity index (χ4n) is 2.74. The summed E-state index contributed by atoms with van der Waals surface area (Å²) in [4.78, 5) is 16.5. The van der Waals surface area contributed by atoms with Crippen LogP contribution < -0.4 is 5.32 Å². The van der Waals surface area contributed by atoms with Crippen molar-refractivity contribution in [1.29, 1.82) is 0 Å². The van der Waals surface area contributed by atoms with Gasteiger partial charge in [0.2, 0.25) is 0 Å². The van der Waals surface area contributed by atoms with Crippen molar-refractivity contribution in [3.8, 4) is 5.69 Å². The molecule has 0 aliphatic heterocycles. The summed E-state index contributed by atoms with van der Waals surface area (Å²) >= 11 is 0. The molecule has 0 fully saturated rings. The number of H-pyrrole nitrogens is 1. The summed E-state index contributed by atoms with van der Waals surface area (Å²) < 4.78 is 1.68. The van der Waals surface area contributed by atoms with Gasteiger partial charge in [0.15, 0.2) is 5.69 Å². The number of para-hydroxylation sites is 1. The molecule has 0 bridgehead atoms. The van der Waals surface area contributed by atoms with E-state index < -0.39 is 0 Å². The second-order valence-corrected chi connectivity index (χ2v) is 5.74. The molecule has 2 aromatic carbocycles. The van der Waals surface area contributed by atoms with Gasteiger partial charge in [-0.3, -0.25) is 9.89 Å². The van der Waals surface area contributed by atoms with Gasteiger partial charge in [-0.2, -0.15) is 10.2 Å². The number of amides is 1. The smallest absolute Gasteiger partial charge is 0.272 e. The highest BCUT2D eigenvalue weighted by molar-refractivity contribution is 6.04. The molecule has 1 atom stereocenters. The van der Waals surface area contributed by atoms with E-state index in [2.05, 4.69) is 25.6 Å². The molecule has 25 heavy (non-hydrogen) atoms. The second-order valence-electron chi connectivity index (χ2n) is 5.74. The van der Waals surface area contributed by atoms with E-state index in [1.807, 2.05) is 55.5 Å². The first-order chi connectivity index (χ1) is 12.2. The van der Waals surface area contributed by atoms with Gasteiger partial charge in [0.05, 0.1) is 17.2 Å². The maximum Gasteiger partial charge on any atom is 0.272 e. The van der Waals surface area contributed by atoms with E-state index in [0.29, 0.717) is 5.69 Å². The van der Waals surface area contributed by atoms with Crippen LogP contribution in [0.2, 0.25) is 0 Å². The van der Waals surface area contributed by atoms with Crippen molar-refractivity contribution in [2.75, 3.05) is 0 Å². The average molecular weight is 332 g/mol. The first-order valence-corrected chi connectivity index (χ1v) is 7.91. The minimum absolute atomic E-state index is 0.146. The Kier molecular flexibility index (Phi) is 3.74. The van der Waals surface area contributed by atoms with Crippen LogP contribution in [0.5, 0.6) is 0 Å². The van der Waals surface area contributed by atoms with Gasteiger partial charge in [-0.05, 0) is 30.7 Å². The fourth-order valence-corrected chi connectivity index (χ4v) is 2.74. The largest absolute Gasteiger partial charge is 0.344 e. The van der Waals surface area contributed by atoms with E-state index in [-0.39, 0.29) is 11.9 Å². The number of aromatic amines is 1. The Balaban J connectivity index is 1.51. The monoisotopic (exact) mass is 332 g/mol. The van der Waals surface area contributed by atoms with Crippen molar-refractivity contribution in [2.24, 2.45) is 0 Å². The summed E-state index contributed by atoms with van der Waals surface area (Å²) in [6, 6.07) is 15.2. The first kappa shape index (κ1) is 15.1. The Bertz CT molecular complexity index is 1000. The summed E-state index contributed by atoms with van der Waals surface area (Å²) in [5.74, 6) is -0.203. The average Bonchev–Trinajstić information content (AvgIpc) is 3.31. The molecule has 4 aromatic rings. The number of aromatic nitrogens is 5. The number of nitrogens with one attached hydrogen (secondary N) is 2. The molecule has 0 saturated carbocycles. The number of carbonyl (C=O) groups excluding carboxylic acids is 1. The lowest BCUT2D eigenvalue weighted by Crippen LogP contribution is -2.27. The molecule has 2 heterocycles. The number of fused-ring (bicyclic) bond motifs is 1.